The highest BCUT2D eigenvalue weighted by molar-refractivity contribution is 5.80. The van der Waals surface area contributed by atoms with Gasteiger partial charge in [0.15, 0.2) is 0 Å². The predicted molar refractivity (Wildman–Crippen MR) is 102 cm³/mol. The summed E-state index contributed by atoms with van der Waals surface area (Å²) in [4.78, 5) is 6.70. The summed E-state index contributed by atoms with van der Waals surface area (Å²) in [6.07, 6.45) is 1.83. The molecule has 25 heavy (non-hydrogen) atoms. The lowest BCUT2D eigenvalue weighted by Crippen LogP contribution is -2.08. The van der Waals surface area contributed by atoms with E-state index < -0.39 is 0 Å². The number of imidazole rings is 1. The first-order chi connectivity index (χ1) is 12.0. The molecule has 3 rings (SSSR count). The number of hydrogen-bond donors (Lipinski definition) is 0. The minimum atomic E-state index is 0.744. The van der Waals surface area contributed by atoms with Gasteiger partial charge in [0.05, 0.1) is 31.9 Å². The van der Waals surface area contributed by atoms with Crippen molar-refractivity contribution in [3.05, 3.63) is 48.8 Å². The molecule has 0 radical (unpaired) electrons. The van der Waals surface area contributed by atoms with E-state index in [9.17, 15) is 0 Å². The Morgan fingerprint density at radius 3 is 2.00 bits per heavy atom. The van der Waals surface area contributed by atoms with Crippen LogP contribution in [0, 0.1) is 0 Å². The summed E-state index contributed by atoms with van der Waals surface area (Å²) in [7, 11) is 9.37. The first-order valence-electron chi connectivity index (χ1n) is 8.06. The third-order valence-corrected chi connectivity index (χ3v) is 4.22. The quantitative estimate of drug-likeness (QED) is 0.709. The second-order valence-electron chi connectivity index (χ2n) is 6.10. The van der Waals surface area contributed by atoms with Gasteiger partial charge in [0.2, 0.25) is 0 Å². The topological polar surface area (TPSA) is 39.5 Å². The summed E-state index contributed by atoms with van der Waals surface area (Å²) >= 11 is 0. The first-order valence-corrected chi connectivity index (χ1v) is 8.06. The molecule has 0 bridgehead atoms. The molecule has 0 N–H and O–H groups in total. The van der Waals surface area contributed by atoms with Crippen molar-refractivity contribution in [2.45, 2.75) is 0 Å². The summed E-state index contributed by atoms with van der Waals surface area (Å²) in [6.45, 7) is 0. The van der Waals surface area contributed by atoms with Gasteiger partial charge >= 0.3 is 0 Å². The second-order valence-corrected chi connectivity index (χ2v) is 6.10. The maximum absolute atomic E-state index is 5.39. The summed E-state index contributed by atoms with van der Waals surface area (Å²) in [5.74, 6) is 1.49. The van der Waals surface area contributed by atoms with Gasteiger partial charge in [0, 0.05) is 44.0 Å². The summed E-state index contributed by atoms with van der Waals surface area (Å²) in [5.41, 5.74) is 5.19. The van der Waals surface area contributed by atoms with Crippen molar-refractivity contribution >= 4 is 5.69 Å². The lowest BCUT2D eigenvalue weighted by molar-refractivity contribution is 0.394. The predicted octanol–water partition coefficient (Wildman–Crippen LogP) is 3.84. The van der Waals surface area contributed by atoms with Crippen molar-refractivity contribution in [3.8, 4) is 34.0 Å². The number of anilines is 1. The first kappa shape index (κ1) is 16.9. The Kier molecular flexibility index (Phi) is 4.65. The van der Waals surface area contributed by atoms with Crippen LogP contribution in [0.15, 0.2) is 48.8 Å². The largest absolute Gasteiger partial charge is 0.497 e. The van der Waals surface area contributed by atoms with Crippen LogP contribution in [0.1, 0.15) is 0 Å². The van der Waals surface area contributed by atoms with Crippen LogP contribution in [-0.2, 0) is 7.05 Å². The average molecular weight is 337 g/mol. The molecule has 0 saturated carbocycles. The molecule has 130 valence electrons. The monoisotopic (exact) mass is 337 g/mol. The summed E-state index contributed by atoms with van der Waals surface area (Å²) in [6, 6.07) is 14.3. The number of methoxy groups -OCH3 is 2. The lowest BCUT2D eigenvalue weighted by atomic mass is 10.0. The van der Waals surface area contributed by atoms with Crippen LogP contribution in [0.2, 0.25) is 0 Å². The summed E-state index contributed by atoms with van der Waals surface area (Å²) in [5, 5.41) is 0. The Hall–Kier alpha value is -2.95. The number of benzene rings is 2. The van der Waals surface area contributed by atoms with Crippen LogP contribution in [0.3, 0.4) is 0 Å². The van der Waals surface area contributed by atoms with Crippen LogP contribution >= 0.6 is 0 Å². The van der Waals surface area contributed by atoms with Crippen molar-refractivity contribution in [2.75, 3.05) is 33.2 Å². The average Bonchev–Trinajstić information content (AvgIpc) is 3.02. The minimum absolute atomic E-state index is 0.744. The fourth-order valence-electron chi connectivity index (χ4n) is 2.84. The summed E-state index contributed by atoms with van der Waals surface area (Å²) < 4.78 is 12.8. The number of aromatic nitrogens is 2. The number of nitrogens with zero attached hydrogens (tertiary/aromatic N) is 3. The van der Waals surface area contributed by atoms with Crippen molar-refractivity contribution in [2.24, 2.45) is 7.05 Å². The smallest absolute Gasteiger partial charge is 0.123 e. The number of hydrogen-bond acceptors (Lipinski definition) is 4. The Morgan fingerprint density at radius 1 is 0.880 bits per heavy atom. The van der Waals surface area contributed by atoms with Gasteiger partial charge in [-0.25, -0.2) is 4.98 Å². The van der Waals surface area contributed by atoms with Crippen molar-refractivity contribution in [1.29, 1.82) is 0 Å². The molecule has 0 aliphatic heterocycles. The maximum atomic E-state index is 5.39. The highest BCUT2D eigenvalue weighted by Crippen LogP contribution is 2.35. The van der Waals surface area contributed by atoms with Gasteiger partial charge in [-0.15, -0.1) is 0 Å². The fraction of sp³-hybridized carbons (Fsp3) is 0.250. The Balaban J connectivity index is 2.11. The maximum Gasteiger partial charge on any atom is 0.123 e. The molecular formula is C20H23N3O2. The van der Waals surface area contributed by atoms with Gasteiger partial charge in [-0.2, -0.15) is 0 Å². The SMILES string of the molecule is COc1cc(OC)cc(-c2ncn(C)c2-c2ccc(N(C)C)cc2)c1. The highest BCUT2D eigenvalue weighted by atomic mass is 16.5. The molecule has 0 amide bonds. The fourth-order valence-corrected chi connectivity index (χ4v) is 2.84. The van der Waals surface area contributed by atoms with Crippen LogP contribution in [-0.4, -0.2) is 37.9 Å². The standard InChI is InChI=1S/C20H23N3O2/c1-22(2)16-8-6-14(7-9-16)20-19(21-13-23(20)3)15-10-17(24-4)12-18(11-15)25-5/h6-13H,1-5H3. The van der Waals surface area contributed by atoms with E-state index in [0.29, 0.717) is 0 Å². The van der Waals surface area contributed by atoms with Crippen LogP contribution in [0.5, 0.6) is 11.5 Å². The van der Waals surface area contributed by atoms with E-state index in [1.54, 1.807) is 14.2 Å². The van der Waals surface area contributed by atoms with E-state index in [4.69, 9.17) is 9.47 Å². The zero-order valence-electron chi connectivity index (χ0n) is 15.3. The van der Waals surface area contributed by atoms with Gasteiger partial charge < -0.3 is 18.9 Å². The zero-order chi connectivity index (χ0) is 18.0. The molecule has 0 unspecified atom stereocenters. The van der Waals surface area contributed by atoms with Gasteiger partial charge in [-0.3, -0.25) is 0 Å². The molecule has 0 atom stereocenters. The Bertz CT molecular complexity index is 845. The van der Waals surface area contributed by atoms with Crippen LogP contribution < -0.4 is 14.4 Å². The molecule has 3 aromatic rings. The normalized spacial score (nSPS) is 10.6. The second kappa shape index (κ2) is 6.89. The van der Waals surface area contributed by atoms with Crippen molar-refractivity contribution in [3.63, 3.8) is 0 Å². The van der Waals surface area contributed by atoms with Crippen molar-refractivity contribution < 1.29 is 9.47 Å². The molecule has 5 nitrogen and oxygen atoms in total. The highest BCUT2D eigenvalue weighted by Gasteiger charge is 2.15. The molecule has 1 heterocycles. The Morgan fingerprint density at radius 2 is 1.48 bits per heavy atom. The molecule has 0 fully saturated rings. The lowest BCUT2D eigenvalue weighted by Gasteiger charge is -2.14. The molecule has 0 saturated heterocycles. The third-order valence-electron chi connectivity index (χ3n) is 4.22. The van der Waals surface area contributed by atoms with Crippen LogP contribution in [0.4, 0.5) is 5.69 Å². The van der Waals surface area contributed by atoms with E-state index in [2.05, 4.69) is 34.1 Å². The molecule has 2 aromatic carbocycles. The van der Waals surface area contributed by atoms with E-state index in [-0.39, 0.29) is 0 Å². The van der Waals surface area contributed by atoms with Crippen LogP contribution in [0.25, 0.3) is 22.5 Å². The molecule has 5 heteroatoms. The Labute approximate surface area is 148 Å². The van der Waals surface area contributed by atoms with E-state index in [1.165, 1.54) is 0 Å². The molecular weight excluding hydrogens is 314 g/mol. The number of ether oxygens (including phenoxy) is 2. The van der Waals surface area contributed by atoms with E-state index >= 15 is 0 Å². The molecule has 0 spiro atoms. The van der Waals surface area contributed by atoms with Gasteiger partial charge in [0.1, 0.15) is 11.5 Å². The van der Waals surface area contributed by atoms with E-state index in [0.717, 1.165) is 39.7 Å². The van der Waals surface area contributed by atoms with Gasteiger partial charge in [-0.05, 0) is 24.3 Å². The van der Waals surface area contributed by atoms with Gasteiger partial charge in [0.25, 0.3) is 0 Å². The number of aryl methyl sites for hydroxylation is 1. The third kappa shape index (κ3) is 3.31. The molecule has 0 aliphatic carbocycles. The van der Waals surface area contributed by atoms with E-state index in [1.807, 2.05) is 50.2 Å². The molecule has 1 aromatic heterocycles. The molecule has 0 aliphatic rings. The van der Waals surface area contributed by atoms with Crippen molar-refractivity contribution in [1.82, 2.24) is 9.55 Å². The zero-order valence-corrected chi connectivity index (χ0v) is 15.3. The number of rotatable bonds is 5. The minimum Gasteiger partial charge on any atom is -0.497 e. The van der Waals surface area contributed by atoms with Gasteiger partial charge in [-0.1, -0.05) is 12.1 Å².